The van der Waals surface area contributed by atoms with Crippen LogP contribution in [-0.4, -0.2) is 9.55 Å². The number of aromatic nitrogens is 3. The van der Waals surface area contributed by atoms with Gasteiger partial charge in [-0.15, -0.1) is 0 Å². The first-order valence-corrected chi connectivity index (χ1v) is 11.7. The van der Waals surface area contributed by atoms with Crippen molar-refractivity contribution in [2.75, 3.05) is 0 Å². The third kappa shape index (κ3) is 3.06. The number of aryl methyl sites for hydroxylation is 2. The lowest BCUT2D eigenvalue weighted by Crippen LogP contribution is -2.30. The summed E-state index contributed by atoms with van der Waals surface area (Å²) in [6.45, 7) is 8.54. The minimum absolute atomic E-state index is 0.143. The van der Waals surface area contributed by atoms with Gasteiger partial charge < -0.3 is 4.42 Å². The van der Waals surface area contributed by atoms with Gasteiger partial charge >= 0.3 is 0 Å². The van der Waals surface area contributed by atoms with Gasteiger partial charge in [0.15, 0.2) is 16.6 Å². The fourth-order valence-corrected chi connectivity index (χ4v) is 4.90. The number of hydrogen-bond acceptors (Lipinski definition) is 2. The van der Waals surface area contributed by atoms with Crippen LogP contribution >= 0.6 is 0 Å². The summed E-state index contributed by atoms with van der Waals surface area (Å²) in [6, 6.07) is 28.0. The van der Waals surface area contributed by atoms with Gasteiger partial charge in [-0.25, -0.2) is 9.55 Å². The van der Waals surface area contributed by atoms with E-state index in [4.69, 9.17) is 9.40 Å². The van der Waals surface area contributed by atoms with Crippen molar-refractivity contribution in [1.82, 2.24) is 9.55 Å². The van der Waals surface area contributed by atoms with Crippen LogP contribution in [0.25, 0.3) is 50.0 Å². The number of fused-ring (bicyclic) bond motifs is 3. The second-order valence-corrected chi connectivity index (χ2v) is 10.1. The molecule has 0 aliphatic heterocycles. The molecule has 0 fully saturated rings. The van der Waals surface area contributed by atoms with Crippen molar-refractivity contribution in [2.45, 2.75) is 33.1 Å². The highest BCUT2D eigenvalue weighted by Crippen LogP contribution is 2.35. The van der Waals surface area contributed by atoms with Gasteiger partial charge in [0.25, 0.3) is 5.82 Å². The molecule has 0 amide bonds. The molecule has 0 saturated heterocycles. The molecule has 6 aromatic rings. The molecule has 0 unspecified atom stereocenters. The summed E-state index contributed by atoms with van der Waals surface area (Å²) in [4.78, 5) is 4.86. The van der Waals surface area contributed by atoms with Crippen LogP contribution < -0.4 is 4.57 Å². The Hall–Kier alpha value is -3.92. The molecule has 4 nitrogen and oxygen atoms in total. The summed E-state index contributed by atoms with van der Waals surface area (Å²) in [7, 11) is 2.15. The van der Waals surface area contributed by atoms with Gasteiger partial charge in [-0.2, -0.15) is 4.57 Å². The Morgan fingerprint density at radius 1 is 0.882 bits per heavy atom. The van der Waals surface area contributed by atoms with Crippen LogP contribution in [0.15, 0.2) is 83.3 Å². The summed E-state index contributed by atoms with van der Waals surface area (Å²) < 4.78 is 10.8. The Kier molecular flexibility index (Phi) is 4.43. The van der Waals surface area contributed by atoms with Gasteiger partial charge in [0.2, 0.25) is 5.89 Å². The topological polar surface area (TPSA) is 34.8 Å². The first kappa shape index (κ1) is 20.7. The van der Waals surface area contributed by atoms with Crippen LogP contribution in [0.5, 0.6) is 0 Å². The van der Waals surface area contributed by atoms with Crippen LogP contribution in [0.2, 0.25) is 0 Å². The Labute approximate surface area is 199 Å². The van der Waals surface area contributed by atoms with Crippen molar-refractivity contribution >= 4 is 32.9 Å². The predicted octanol–water partition coefficient (Wildman–Crippen LogP) is 7.02. The fourth-order valence-electron chi connectivity index (χ4n) is 4.90. The van der Waals surface area contributed by atoms with Crippen molar-refractivity contribution in [3.05, 3.63) is 90.3 Å². The molecule has 0 aliphatic carbocycles. The molecule has 0 spiro atoms. The van der Waals surface area contributed by atoms with E-state index >= 15 is 0 Å². The van der Waals surface area contributed by atoms with E-state index in [2.05, 4.69) is 123 Å². The summed E-state index contributed by atoms with van der Waals surface area (Å²) in [5.41, 5.74) is 7.40. The second kappa shape index (κ2) is 7.29. The molecule has 0 radical (unpaired) electrons. The van der Waals surface area contributed by atoms with Crippen LogP contribution in [0, 0.1) is 6.92 Å². The van der Waals surface area contributed by atoms with Crippen LogP contribution in [0.4, 0.5) is 0 Å². The van der Waals surface area contributed by atoms with Crippen LogP contribution in [0.3, 0.4) is 0 Å². The summed E-state index contributed by atoms with van der Waals surface area (Å²) in [5.74, 6) is 1.88. The minimum Gasteiger partial charge on any atom is -0.440 e. The van der Waals surface area contributed by atoms with Crippen molar-refractivity contribution in [1.29, 1.82) is 0 Å². The number of benzene rings is 4. The Bertz CT molecular complexity index is 1710. The maximum atomic E-state index is 6.14. The maximum Gasteiger partial charge on any atom is 0.295 e. The quantitative estimate of drug-likeness (QED) is 0.268. The first-order valence-electron chi connectivity index (χ1n) is 11.7. The Morgan fingerprint density at radius 2 is 1.62 bits per heavy atom. The zero-order valence-corrected chi connectivity index (χ0v) is 20.3. The van der Waals surface area contributed by atoms with Gasteiger partial charge in [-0.05, 0) is 48.2 Å². The zero-order valence-electron chi connectivity index (χ0n) is 20.3. The van der Waals surface area contributed by atoms with Gasteiger partial charge in [-0.3, -0.25) is 0 Å². The lowest BCUT2D eigenvalue weighted by molar-refractivity contribution is -0.633. The largest absolute Gasteiger partial charge is 0.440 e. The van der Waals surface area contributed by atoms with E-state index in [0.29, 0.717) is 0 Å². The van der Waals surface area contributed by atoms with Crippen LogP contribution in [0.1, 0.15) is 32.2 Å². The summed E-state index contributed by atoms with van der Waals surface area (Å²) in [5, 5.41) is 2.45. The number of imidazole rings is 1. The third-order valence-corrected chi connectivity index (χ3v) is 6.64. The van der Waals surface area contributed by atoms with Gasteiger partial charge in [-0.1, -0.05) is 69.3 Å². The summed E-state index contributed by atoms with van der Waals surface area (Å²) in [6.07, 6.45) is 0. The normalized spacial score (nSPS) is 12.3. The zero-order chi connectivity index (χ0) is 23.6. The average molecular weight is 447 g/mol. The fraction of sp³-hybridized carbons (Fsp3) is 0.200. The highest BCUT2D eigenvalue weighted by Gasteiger charge is 2.29. The highest BCUT2D eigenvalue weighted by atomic mass is 16.3. The average Bonchev–Trinajstić information content (AvgIpc) is 3.37. The van der Waals surface area contributed by atoms with E-state index in [1.54, 1.807) is 0 Å². The van der Waals surface area contributed by atoms with Crippen molar-refractivity contribution in [3.8, 4) is 17.1 Å². The highest BCUT2D eigenvalue weighted by molar-refractivity contribution is 5.94. The minimum atomic E-state index is -0.143. The Balaban J connectivity index is 1.72. The van der Waals surface area contributed by atoms with E-state index in [1.165, 1.54) is 27.5 Å². The number of oxazole rings is 1. The first-order chi connectivity index (χ1) is 16.3. The lowest BCUT2D eigenvalue weighted by Gasteiger charge is -2.11. The molecular weight excluding hydrogens is 418 g/mol. The smallest absolute Gasteiger partial charge is 0.295 e. The van der Waals surface area contributed by atoms with E-state index in [-0.39, 0.29) is 5.41 Å². The molecule has 2 aromatic heterocycles. The molecule has 0 N–H and O–H groups in total. The Morgan fingerprint density at radius 3 is 2.44 bits per heavy atom. The number of nitrogens with zero attached hydrogens (tertiary/aromatic N) is 3. The molecule has 0 atom stereocenters. The van der Waals surface area contributed by atoms with Gasteiger partial charge in [0.05, 0.1) is 12.6 Å². The van der Waals surface area contributed by atoms with Crippen molar-refractivity contribution in [2.24, 2.45) is 7.05 Å². The van der Waals surface area contributed by atoms with Gasteiger partial charge in [0, 0.05) is 10.8 Å². The summed E-state index contributed by atoms with van der Waals surface area (Å²) >= 11 is 0. The number of rotatable bonds is 2. The number of hydrogen-bond donors (Lipinski definition) is 0. The molecule has 0 saturated carbocycles. The molecule has 0 aliphatic rings. The van der Waals surface area contributed by atoms with Crippen LogP contribution in [-0.2, 0) is 12.5 Å². The molecular formula is C30H28N3O+. The van der Waals surface area contributed by atoms with E-state index in [0.717, 1.165) is 33.9 Å². The number of para-hydroxylation sites is 2. The molecule has 168 valence electrons. The van der Waals surface area contributed by atoms with Crippen molar-refractivity contribution in [3.63, 3.8) is 0 Å². The van der Waals surface area contributed by atoms with E-state index in [1.807, 2.05) is 0 Å². The molecule has 4 aromatic carbocycles. The lowest BCUT2D eigenvalue weighted by atomic mass is 9.97. The molecule has 0 bridgehead atoms. The van der Waals surface area contributed by atoms with E-state index in [9.17, 15) is 0 Å². The molecule has 34 heavy (non-hydrogen) atoms. The standard InChI is InChI=1S/C30H28N3O/c1-19-17-27-23(31-29(34-27)30(2,3)4)18-22(19)28-32(5)25-14-8-9-15-26(25)33(28)24-16-10-12-20-11-6-7-13-21(20)24/h6-18H,1-5H3/q+1. The van der Waals surface area contributed by atoms with Crippen molar-refractivity contribution < 1.29 is 8.98 Å². The monoisotopic (exact) mass is 446 g/mol. The maximum absolute atomic E-state index is 6.14. The predicted molar refractivity (Wildman–Crippen MR) is 138 cm³/mol. The van der Waals surface area contributed by atoms with E-state index < -0.39 is 0 Å². The van der Waals surface area contributed by atoms with Gasteiger partial charge in [0.1, 0.15) is 11.2 Å². The third-order valence-electron chi connectivity index (χ3n) is 6.64. The molecule has 4 heteroatoms. The molecule has 6 rings (SSSR count). The second-order valence-electron chi connectivity index (χ2n) is 10.1. The SMILES string of the molecule is Cc1cc2oc(C(C)(C)C)nc2cc1-c1n(-c2cccc3ccccc23)c2ccccc2[n+]1C. The molecule has 2 heterocycles.